The molecular weight excluding hydrogens is 269 g/mol. The first-order valence-electron chi connectivity index (χ1n) is 6.62. The standard InChI is InChI=1S/C17H14FNO2/c1-10-7-8-12(9-14(10)18)19-17(20)16-11(2)13-5-3-4-6-15(13)21-16/h3-9H,1-2H3,(H,19,20). The maximum atomic E-state index is 13.5. The molecule has 3 aromatic rings. The minimum absolute atomic E-state index is 0.247. The zero-order valence-corrected chi connectivity index (χ0v) is 11.7. The smallest absolute Gasteiger partial charge is 0.291 e. The van der Waals surface area contributed by atoms with E-state index in [-0.39, 0.29) is 17.5 Å². The van der Waals surface area contributed by atoms with Gasteiger partial charge in [0.05, 0.1) is 0 Å². The summed E-state index contributed by atoms with van der Waals surface area (Å²) in [6.07, 6.45) is 0. The first kappa shape index (κ1) is 13.4. The molecule has 3 nitrogen and oxygen atoms in total. The first-order chi connectivity index (χ1) is 10.1. The number of amides is 1. The van der Waals surface area contributed by atoms with Crippen LogP contribution < -0.4 is 5.32 Å². The third kappa shape index (κ3) is 2.40. The van der Waals surface area contributed by atoms with Crippen molar-refractivity contribution in [1.29, 1.82) is 0 Å². The molecule has 0 fully saturated rings. The van der Waals surface area contributed by atoms with E-state index in [0.717, 1.165) is 10.9 Å². The highest BCUT2D eigenvalue weighted by Crippen LogP contribution is 2.25. The molecule has 2 aromatic carbocycles. The largest absolute Gasteiger partial charge is 0.451 e. The summed E-state index contributed by atoms with van der Waals surface area (Å²) in [6.45, 7) is 3.50. The molecule has 0 bridgehead atoms. The second-order valence-corrected chi connectivity index (χ2v) is 4.97. The van der Waals surface area contributed by atoms with Gasteiger partial charge in [0, 0.05) is 16.6 Å². The van der Waals surface area contributed by atoms with Crippen LogP contribution in [0.2, 0.25) is 0 Å². The van der Waals surface area contributed by atoms with E-state index >= 15 is 0 Å². The summed E-state index contributed by atoms with van der Waals surface area (Å²) in [7, 11) is 0. The quantitative estimate of drug-likeness (QED) is 0.755. The van der Waals surface area contributed by atoms with Gasteiger partial charge in [-0.25, -0.2) is 4.39 Å². The number of aryl methyl sites for hydroxylation is 2. The monoisotopic (exact) mass is 283 g/mol. The van der Waals surface area contributed by atoms with Gasteiger partial charge in [-0.05, 0) is 37.6 Å². The van der Waals surface area contributed by atoms with Crippen molar-refractivity contribution >= 4 is 22.6 Å². The lowest BCUT2D eigenvalue weighted by atomic mass is 10.1. The van der Waals surface area contributed by atoms with Crippen molar-refractivity contribution in [2.24, 2.45) is 0 Å². The number of anilines is 1. The van der Waals surface area contributed by atoms with Crippen LogP contribution in [0.3, 0.4) is 0 Å². The zero-order chi connectivity index (χ0) is 15.0. The number of carbonyl (C=O) groups is 1. The van der Waals surface area contributed by atoms with Crippen LogP contribution in [-0.2, 0) is 0 Å². The number of benzene rings is 2. The molecule has 0 atom stereocenters. The van der Waals surface area contributed by atoms with E-state index in [1.807, 2.05) is 31.2 Å². The van der Waals surface area contributed by atoms with Crippen molar-refractivity contribution in [3.63, 3.8) is 0 Å². The first-order valence-corrected chi connectivity index (χ1v) is 6.62. The molecule has 3 rings (SSSR count). The highest BCUT2D eigenvalue weighted by Gasteiger charge is 2.17. The molecule has 0 unspecified atom stereocenters. The highest BCUT2D eigenvalue weighted by atomic mass is 19.1. The van der Waals surface area contributed by atoms with Crippen molar-refractivity contribution in [1.82, 2.24) is 0 Å². The number of nitrogens with one attached hydrogen (secondary N) is 1. The summed E-state index contributed by atoms with van der Waals surface area (Å²) in [5, 5.41) is 3.56. The molecule has 4 heteroatoms. The Balaban J connectivity index is 1.93. The summed E-state index contributed by atoms with van der Waals surface area (Å²) in [4.78, 5) is 12.3. The lowest BCUT2D eigenvalue weighted by Gasteiger charge is -2.05. The van der Waals surface area contributed by atoms with Crippen LogP contribution in [0, 0.1) is 19.7 Å². The Morgan fingerprint density at radius 3 is 2.62 bits per heavy atom. The molecule has 0 aliphatic heterocycles. The van der Waals surface area contributed by atoms with Gasteiger partial charge in [0.2, 0.25) is 0 Å². The predicted octanol–water partition coefficient (Wildman–Crippen LogP) is 4.44. The van der Waals surface area contributed by atoms with Crippen LogP contribution in [0.25, 0.3) is 11.0 Å². The van der Waals surface area contributed by atoms with Gasteiger partial charge < -0.3 is 9.73 Å². The number of furan rings is 1. The van der Waals surface area contributed by atoms with Crippen LogP contribution in [0.15, 0.2) is 46.9 Å². The fourth-order valence-electron chi connectivity index (χ4n) is 2.25. The van der Waals surface area contributed by atoms with Gasteiger partial charge >= 0.3 is 0 Å². The molecule has 0 aliphatic rings. The summed E-state index contributed by atoms with van der Waals surface area (Å²) in [5.74, 6) is -0.488. The maximum Gasteiger partial charge on any atom is 0.291 e. The third-order valence-corrected chi connectivity index (χ3v) is 3.48. The lowest BCUT2D eigenvalue weighted by Crippen LogP contribution is -2.12. The molecule has 1 amide bonds. The van der Waals surface area contributed by atoms with E-state index in [4.69, 9.17) is 4.42 Å². The summed E-state index contributed by atoms with van der Waals surface area (Å²) in [5.41, 5.74) is 2.38. The van der Waals surface area contributed by atoms with E-state index in [1.165, 1.54) is 6.07 Å². The molecule has 0 saturated carbocycles. The van der Waals surface area contributed by atoms with E-state index in [9.17, 15) is 9.18 Å². The molecule has 0 saturated heterocycles. The van der Waals surface area contributed by atoms with Crippen LogP contribution in [0.1, 0.15) is 21.7 Å². The second-order valence-electron chi connectivity index (χ2n) is 4.97. The minimum atomic E-state index is -0.382. The van der Waals surface area contributed by atoms with Gasteiger partial charge in [-0.1, -0.05) is 24.3 Å². The molecule has 106 valence electrons. The molecular formula is C17H14FNO2. The Morgan fingerprint density at radius 1 is 1.14 bits per heavy atom. The molecule has 21 heavy (non-hydrogen) atoms. The highest BCUT2D eigenvalue weighted by molar-refractivity contribution is 6.06. The van der Waals surface area contributed by atoms with E-state index in [1.54, 1.807) is 19.1 Å². The van der Waals surface area contributed by atoms with Crippen molar-refractivity contribution in [3.8, 4) is 0 Å². The van der Waals surface area contributed by atoms with Crippen molar-refractivity contribution in [2.75, 3.05) is 5.32 Å². The third-order valence-electron chi connectivity index (χ3n) is 3.48. The number of para-hydroxylation sites is 1. The second kappa shape index (κ2) is 5.05. The average molecular weight is 283 g/mol. The number of rotatable bonds is 2. The van der Waals surface area contributed by atoms with Gasteiger partial charge in [-0.2, -0.15) is 0 Å². The molecule has 1 aromatic heterocycles. The van der Waals surface area contributed by atoms with Crippen molar-refractivity contribution in [2.45, 2.75) is 13.8 Å². The number of halogens is 1. The van der Waals surface area contributed by atoms with Gasteiger partial charge in [0.25, 0.3) is 5.91 Å². The van der Waals surface area contributed by atoms with Crippen LogP contribution in [-0.4, -0.2) is 5.91 Å². The van der Waals surface area contributed by atoms with E-state index in [0.29, 0.717) is 16.8 Å². The Bertz CT molecular complexity index is 836. The Kier molecular flexibility index (Phi) is 3.22. The van der Waals surface area contributed by atoms with Gasteiger partial charge in [-0.3, -0.25) is 4.79 Å². The van der Waals surface area contributed by atoms with Crippen molar-refractivity contribution in [3.05, 3.63) is 65.2 Å². The molecule has 0 radical (unpaired) electrons. The minimum Gasteiger partial charge on any atom is -0.451 e. The number of hydrogen-bond donors (Lipinski definition) is 1. The van der Waals surface area contributed by atoms with Gasteiger partial charge in [0.15, 0.2) is 5.76 Å². The molecule has 1 N–H and O–H groups in total. The topological polar surface area (TPSA) is 42.2 Å². The Hall–Kier alpha value is -2.62. The summed E-state index contributed by atoms with van der Waals surface area (Å²) < 4.78 is 19.1. The summed E-state index contributed by atoms with van der Waals surface area (Å²) >= 11 is 0. The predicted molar refractivity (Wildman–Crippen MR) is 80.0 cm³/mol. The fourth-order valence-corrected chi connectivity index (χ4v) is 2.25. The van der Waals surface area contributed by atoms with E-state index in [2.05, 4.69) is 5.32 Å². The van der Waals surface area contributed by atoms with Crippen LogP contribution in [0.4, 0.5) is 10.1 Å². The van der Waals surface area contributed by atoms with Crippen LogP contribution in [0.5, 0.6) is 0 Å². The number of hydrogen-bond acceptors (Lipinski definition) is 2. The van der Waals surface area contributed by atoms with Crippen LogP contribution >= 0.6 is 0 Å². The lowest BCUT2D eigenvalue weighted by molar-refractivity contribution is 0.0998. The fraction of sp³-hybridized carbons (Fsp3) is 0.118. The zero-order valence-electron chi connectivity index (χ0n) is 11.7. The Labute approximate surface area is 121 Å². The van der Waals surface area contributed by atoms with Gasteiger partial charge in [-0.15, -0.1) is 0 Å². The van der Waals surface area contributed by atoms with Crippen molar-refractivity contribution < 1.29 is 13.6 Å². The Morgan fingerprint density at radius 2 is 1.90 bits per heavy atom. The number of carbonyl (C=O) groups excluding carboxylic acids is 1. The molecule has 0 spiro atoms. The van der Waals surface area contributed by atoms with E-state index < -0.39 is 0 Å². The molecule has 0 aliphatic carbocycles. The van der Waals surface area contributed by atoms with Gasteiger partial charge in [0.1, 0.15) is 11.4 Å². The SMILES string of the molecule is Cc1ccc(NC(=O)c2oc3ccccc3c2C)cc1F. The normalized spacial score (nSPS) is 10.8. The summed E-state index contributed by atoms with van der Waals surface area (Å²) in [6, 6.07) is 12.0. The molecule has 1 heterocycles. The number of fused-ring (bicyclic) bond motifs is 1. The maximum absolute atomic E-state index is 13.5. The average Bonchev–Trinajstić information content (AvgIpc) is 2.81.